The van der Waals surface area contributed by atoms with Crippen molar-refractivity contribution in [3.8, 4) is 0 Å². The average molecular weight is 319 g/mol. The molecule has 5 nitrogen and oxygen atoms in total. The summed E-state index contributed by atoms with van der Waals surface area (Å²) in [6, 6.07) is 9.68. The van der Waals surface area contributed by atoms with Crippen molar-refractivity contribution in [3.05, 3.63) is 65.7 Å². The summed E-state index contributed by atoms with van der Waals surface area (Å²) in [6.45, 7) is -0.221. The van der Waals surface area contributed by atoms with E-state index in [1.807, 2.05) is 0 Å². The van der Waals surface area contributed by atoms with Gasteiger partial charge in [0.2, 0.25) is 11.8 Å². The van der Waals surface area contributed by atoms with E-state index < -0.39 is 29.5 Å². The highest BCUT2D eigenvalue weighted by Gasteiger charge is 2.18. The van der Waals surface area contributed by atoms with Crippen molar-refractivity contribution in [2.24, 2.45) is 5.73 Å². The van der Waals surface area contributed by atoms with E-state index in [1.54, 1.807) is 0 Å². The Labute approximate surface area is 131 Å². The first-order valence-electron chi connectivity index (χ1n) is 6.79. The molecule has 1 atom stereocenters. The van der Waals surface area contributed by atoms with Gasteiger partial charge in [-0.25, -0.2) is 8.78 Å². The van der Waals surface area contributed by atoms with Crippen molar-refractivity contribution in [3.63, 3.8) is 0 Å². The summed E-state index contributed by atoms with van der Waals surface area (Å²) in [4.78, 5) is 23.3. The monoisotopic (exact) mass is 319 g/mol. The SMILES string of the molecule is NC(=O)C(NCC(=O)Nc1cccc(F)c1)c1ccc(F)cc1. The molecule has 0 fully saturated rings. The number of primary amides is 1. The average Bonchev–Trinajstić information content (AvgIpc) is 2.49. The van der Waals surface area contributed by atoms with E-state index in [1.165, 1.54) is 48.5 Å². The number of nitrogens with one attached hydrogen (secondary N) is 2. The van der Waals surface area contributed by atoms with Gasteiger partial charge in [0.05, 0.1) is 6.54 Å². The number of nitrogens with two attached hydrogens (primary N) is 1. The number of carbonyl (C=O) groups excluding carboxylic acids is 2. The zero-order valence-electron chi connectivity index (χ0n) is 12.1. The third-order valence-corrected chi connectivity index (χ3v) is 3.06. The lowest BCUT2D eigenvalue weighted by molar-refractivity contribution is -0.120. The molecule has 0 spiro atoms. The van der Waals surface area contributed by atoms with E-state index in [0.717, 1.165) is 0 Å². The number of rotatable bonds is 6. The first-order valence-corrected chi connectivity index (χ1v) is 6.79. The lowest BCUT2D eigenvalue weighted by Crippen LogP contribution is -2.38. The van der Waals surface area contributed by atoms with Gasteiger partial charge in [-0.05, 0) is 35.9 Å². The molecule has 0 aromatic heterocycles. The topological polar surface area (TPSA) is 84.2 Å². The van der Waals surface area contributed by atoms with Crippen molar-refractivity contribution in [2.45, 2.75) is 6.04 Å². The van der Waals surface area contributed by atoms with E-state index in [2.05, 4.69) is 10.6 Å². The Bertz CT molecular complexity index is 705. The Morgan fingerprint density at radius 1 is 1.04 bits per heavy atom. The van der Waals surface area contributed by atoms with Gasteiger partial charge in [-0.1, -0.05) is 18.2 Å². The van der Waals surface area contributed by atoms with Crippen LogP contribution in [-0.4, -0.2) is 18.4 Å². The van der Waals surface area contributed by atoms with Crippen LogP contribution >= 0.6 is 0 Å². The van der Waals surface area contributed by atoms with Crippen molar-refractivity contribution >= 4 is 17.5 Å². The van der Waals surface area contributed by atoms with Crippen molar-refractivity contribution in [1.82, 2.24) is 5.32 Å². The third-order valence-electron chi connectivity index (χ3n) is 3.06. The fraction of sp³-hybridized carbons (Fsp3) is 0.125. The van der Waals surface area contributed by atoms with Crippen LogP contribution in [0.25, 0.3) is 0 Å². The molecule has 4 N–H and O–H groups in total. The molecule has 2 rings (SSSR count). The second kappa shape index (κ2) is 7.46. The van der Waals surface area contributed by atoms with Crippen LogP contribution in [0.1, 0.15) is 11.6 Å². The van der Waals surface area contributed by atoms with Gasteiger partial charge in [0.1, 0.15) is 17.7 Å². The van der Waals surface area contributed by atoms with Gasteiger partial charge in [-0.15, -0.1) is 0 Å². The minimum atomic E-state index is -0.936. The van der Waals surface area contributed by atoms with Crippen LogP contribution in [0.15, 0.2) is 48.5 Å². The fourth-order valence-corrected chi connectivity index (χ4v) is 2.00. The minimum Gasteiger partial charge on any atom is -0.368 e. The van der Waals surface area contributed by atoms with Gasteiger partial charge in [0.25, 0.3) is 0 Å². The van der Waals surface area contributed by atoms with E-state index in [9.17, 15) is 18.4 Å². The molecular weight excluding hydrogens is 304 g/mol. The highest BCUT2D eigenvalue weighted by atomic mass is 19.1. The molecule has 2 amide bonds. The Hall–Kier alpha value is -2.80. The maximum atomic E-state index is 13.0. The van der Waals surface area contributed by atoms with Crippen LogP contribution in [0.2, 0.25) is 0 Å². The first-order chi connectivity index (χ1) is 11.0. The molecule has 0 aliphatic rings. The van der Waals surface area contributed by atoms with Gasteiger partial charge in [-0.3, -0.25) is 14.9 Å². The number of amides is 2. The van der Waals surface area contributed by atoms with E-state index >= 15 is 0 Å². The Morgan fingerprint density at radius 3 is 2.35 bits per heavy atom. The summed E-state index contributed by atoms with van der Waals surface area (Å²) in [6.07, 6.45) is 0. The van der Waals surface area contributed by atoms with Gasteiger partial charge >= 0.3 is 0 Å². The van der Waals surface area contributed by atoms with Gasteiger partial charge in [-0.2, -0.15) is 0 Å². The molecule has 2 aromatic carbocycles. The number of hydrogen-bond acceptors (Lipinski definition) is 3. The standard InChI is InChI=1S/C16H15F2N3O2/c17-11-6-4-10(5-7-11)15(16(19)23)20-9-14(22)21-13-3-1-2-12(18)8-13/h1-8,15,20H,9H2,(H2,19,23)(H,21,22). The Balaban J connectivity index is 1.97. The lowest BCUT2D eigenvalue weighted by atomic mass is 10.1. The smallest absolute Gasteiger partial charge is 0.239 e. The maximum Gasteiger partial charge on any atom is 0.239 e. The third kappa shape index (κ3) is 4.86. The fourth-order valence-electron chi connectivity index (χ4n) is 2.00. The van der Waals surface area contributed by atoms with Crippen LogP contribution in [0.5, 0.6) is 0 Å². The molecule has 1 unspecified atom stereocenters. The summed E-state index contributed by atoms with van der Waals surface area (Å²) >= 11 is 0. The number of hydrogen-bond donors (Lipinski definition) is 3. The predicted molar refractivity (Wildman–Crippen MR) is 81.4 cm³/mol. The quantitative estimate of drug-likeness (QED) is 0.758. The summed E-state index contributed by atoms with van der Waals surface area (Å²) in [5, 5.41) is 5.17. The Morgan fingerprint density at radius 2 is 1.74 bits per heavy atom. The Kier molecular flexibility index (Phi) is 5.37. The molecule has 7 heteroatoms. The van der Waals surface area contributed by atoms with Crippen LogP contribution in [-0.2, 0) is 9.59 Å². The molecule has 0 aliphatic heterocycles. The van der Waals surface area contributed by atoms with Crippen molar-refractivity contribution in [1.29, 1.82) is 0 Å². The van der Waals surface area contributed by atoms with Gasteiger partial charge in [0, 0.05) is 5.69 Å². The van der Waals surface area contributed by atoms with E-state index in [0.29, 0.717) is 11.3 Å². The molecule has 0 aliphatic carbocycles. The largest absolute Gasteiger partial charge is 0.368 e. The van der Waals surface area contributed by atoms with Crippen LogP contribution in [0.4, 0.5) is 14.5 Å². The van der Waals surface area contributed by atoms with E-state index in [4.69, 9.17) is 5.73 Å². The highest BCUT2D eigenvalue weighted by molar-refractivity contribution is 5.92. The molecule has 0 bridgehead atoms. The first kappa shape index (κ1) is 16.6. The molecule has 0 radical (unpaired) electrons. The zero-order chi connectivity index (χ0) is 16.8. The highest BCUT2D eigenvalue weighted by Crippen LogP contribution is 2.13. The summed E-state index contributed by atoms with van der Waals surface area (Å²) < 4.78 is 25.9. The molecule has 0 saturated carbocycles. The maximum absolute atomic E-state index is 13.0. The summed E-state index contributed by atoms with van der Waals surface area (Å²) in [5.74, 6) is -2.09. The normalized spacial score (nSPS) is 11.7. The molecule has 23 heavy (non-hydrogen) atoms. The molecule has 2 aromatic rings. The van der Waals surface area contributed by atoms with E-state index in [-0.39, 0.29) is 6.54 Å². The van der Waals surface area contributed by atoms with Gasteiger partial charge in [0.15, 0.2) is 0 Å². The molecule has 0 saturated heterocycles. The zero-order valence-corrected chi connectivity index (χ0v) is 12.1. The predicted octanol–water partition coefficient (Wildman–Crippen LogP) is 1.72. The number of anilines is 1. The van der Waals surface area contributed by atoms with Crippen LogP contribution in [0, 0.1) is 11.6 Å². The summed E-state index contributed by atoms with van der Waals surface area (Å²) in [7, 11) is 0. The molecular formula is C16H15F2N3O2. The minimum absolute atomic E-state index is 0.221. The lowest BCUT2D eigenvalue weighted by Gasteiger charge is -2.15. The molecule has 0 heterocycles. The van der Waals surface area contributed by atoms with Gasteiger partial charge < -0.3 is 11.1 Å². The number of carbonyl (C=O) groups is 2. The van der Waals surface area contributed by atoms with Crippen molar-refractivity contribution in [2.75, 3.05) is 11.9 Å². The van der Waals surface area contributed by atoms with Crippen LogP contribution in [0.3, 0.4) is 0 Å². The number of benzene rings is 2. The van der Waals surface area contributed by atoms with Crippen LogP contribution < -0.4 is 16.4 Å². The number of halogens is 2. The van der Waals surface area contributed by atoms with Crippen molar-refractivity contribution < 1.29 is 18.4 Å². The second-order valence-corrected chi connectivity index (χ2v) is 4.83. The molecule has 120 valence electrons. The summed E-state index contributed by atoms with van der Waals surface area (Å²) in [5.41, 5.74) is 6.03. The second-order valence-electron chi connectivity index (χ2n) is 4.83.